The number of amides is 1. The highest BCUT2D eigenvalue weighted by Crippen LogP contribution is 2.04. The average Bonchev–Trinajstić information content (AvgIpc) is 2.39. The molecule has 19 heavy (non-hydrogen) atoms. The van der Waals surface area contributed by atoms with Gasteiger partial charge < -0.3 is 16.2 Å². The molecule has 0 heterocycles. The van der Waals surface area contributed by atoms with Crippen LogP contribution < -0.4 is 11.1 Å². The summed E-state index contributed by atoms with van der Waals surface area (Å²) in [7, 11) is 0. The largest absolute Gasteiger partial charge is 0.480 e. The van der Waals surface area contributed by atoms with E-state index in [0.29, 0.717) is 6.42 Å². The molecule has 1 aromatic rings. The molecule has 0 radical (unpaired) electrons. The predicted octanol–water partition coefficient (Wildman–Crippen LogP) is 0.926. The quantitative estimate of drug-likeness (QED) is 0.683. The number of aliphatic carboxylic acids is 1. The number of hydrogen-bond donors (Lipinski definition) is 3. The lowest BCUT2D eigenvalue weighted by atomic mass is 10.1. The SMILES string of the molecule is CCCC(N)C(=O)N[C@@H](Cc1ccccc1)C(=O)O. The van der Waals surface area contributed by atoms with Crippen LogP contribution in [0.2, 0.25) is 0 Å². The highest BCUT2D eigenvalue weighted by Gasteiger charge is 2.22. The maximum Gasteiger partial charge on any atom is 0.326 e. The van der Waals surface area contributed by atoms with E-state index in [-0.39, 0.29) is 6.42 Å². The lowest BCUT2D eigenvalue weighted by Gasteiger charge is -2.17. The van der Waals surface area contributed by atoms with Crippen molar-refractivity contribution in [2.24, 2.45) is 5.73 Å². The van der Waals surface area contributed by atoms with Crippen LogP contribution in [0.5, 0.6) is 0 Å². The summed E-state index contributed by atoms with van der Waals surface area (Å²) in [5, 5.41) is 11.6. The second-order valence-electron chi connectivity index (χ2n) is 4.48. The van der Waals surface area contributed by atoms with Gasteiger partial charge in [-0.3, -0.25) is 4.79 Å². The van der Waals surface area contributed by atoms with Crippen LogP contribution in [0.25, 0.3) is 0 Å². The van der Waals surface area contributed by atoms with Crippen LogP contribution in [-0.4, -0.2) is 29.1 Å². The molecule has 2 atom stereocenters. The Morgan fingerprint density at radius 3 is 2.47 bits per heavy atom. The lowest BCUT2D eigenvalue weighted by molar-refractivity contribution is -0.142. The zero-order chi connectivity index (χ0) is 14.3. The van der Waals surface area contributed by atoms with Gasteiger partial charge in [0.05, 0.1) is 6.04 Å². The Balaban J connectivity index is 2.64. The summed E-state index contributed by atoms with van der Waals surface area (Å²) in [6.07, 6.45) is 1.58. The number of carboxylic acid groups (broad SMARTS) is 1. The molecule has 0 aromatic heterocycles. The Hall–Kier alpha value is -1.88. The van der Waals surface area contributed by atoms with E-state index >= 15 is 0 Å². The Morgan fingerprint density at radius 2 is 1.95 bits per heavy atom. The smallest absolute Gasteiger partial charge is 0.326 e. The molecule has 5 nitrogen and oxygen atoms in total. The molecule has 0 aliphatic rings. The van der Waals surface area contributed by atoms with Crippen molar-refractivity contribution in [2.75, 3.05) is 0 Å². The van der Waals surface area contributed by atoms with Crippen LogP contribution in [0, 0.1) is 0 Å². The number of hydrogen-bond acceptors (Lipinski definition) is 3. The van der Waals surface area contributed by atoms with Crippen LogP contribution in [0.1, 0.15) is 25.3 Å². The summed E-state index contributed by atoms with van der Waals surface area (Å²) in [6, 6.07) is 7.58. The molecule has 1 rings (SSSR count). The second-order valence-corrected chi connectivity index (χ2v) is 4.48. The third-order valence-electron chi connectivity index (χ3n) is 2.83. The molecule has 0 spiro atoms. The fourth-order valence-electron chi connectivity index (χ4n) is 1.77. The monoisotopic (exact) mass is 264 g/mol. The fraction of sp³-hybridized carbons (Fsp3) is 0.429. The summed E-state index contributed by atoms with van der Waals surface area (Å²) >= 11 is 0. The van der Waals surface area contributed by atoms with Crippen molar-refractivity contribution in [3.05, 3.63) is 35.9 Å². The van der Waals surface area contributed by atoms with E-state index in [1.807, 2.05) is 37.3 Å². The Morgan fingerprint density at radius 1 is 1.32 bits per heavy atom. The van der Waals surface area contributed by atoms with Crippen molar-refractivity contribution in [2.45, 2.75) is 38.3 Å². The second kappa shape index (κ2) is 7.53. The molecule has 0 saturated carbocycles. The van der Waals surface area contributed by atoms with Gasteiger partial charge in [-0.2, -0.15) is 0 Å². The molecule has 0 saturated heterocycles. The first-order chi connectivity index (χ1) is 9.04. The first-order valence-electron chi connectivity index (χ1n) is 6.37. The van der Waals surface area contributed by atoms with Gasteiger partial charge in [0.25, 0.3) is 0 Å². The van der Waals surface area contributed by atoms with Gasteiger partial charge in [0.15, 0.2) is 0 Å². The number of benzene rings is 1. The van der Waals surface area contributed by atoms with Crippen molar-refractivity contribution in [3.63, 3.8) is 0 Å². The summed E-state index contributed by atoms with van der Waals surface area (Å²) in [5.74, 6) is -1.47. The van der Waals surface area contributed by atoms with Gasteiger partial charge in [0, 0.05) is 6.42 Å². The molecule has 1 aromatic carbocycles. The number of carbonyl (C=O) groups excluding carboxylic acids is 1. The van der Waals surface area contributed by atoms with Crippen molar-refractivity contribution in [1.29, 1.82) is 0 Å². The van der Waals surface area contributed by atoms with E-state index in [0.717, 1.165) is 12.0 Å². The van der Waals surface area contributed by atoms with Crippen LogP contribution in [0.15, 0.2) is 30.3 Å². The van der Waals surface area contributed by atoms with E-state index in [1.54, 1.807) is 0 Å². The Labute approximate surface area is 112 Å². The number of carbonyl (C=O) groups is 2. The molecule has 1 amide bonds. The number of carboxylic acids is 1. The van der Waals surface area contributed by atoms with Crippen LogP contribution in [0.3, 0.4) is 0 Å². The van der Waals surface area contributed by atoms with Crippen molar-refractivity contribution < 1.29 is 14.7 Å². The van der Waals surface area contributed by atoms with E-state index in [2.05, 4.69) is 5.32 Å². The van der Waals surface area contributed by atoms with E-state index in [9.17, 15) is 9.59 Å². The highest BCUT2D eigenvalue weighted by molar-refractivity contribution is 5.86. The van der Waals surface area contributed by atoms with Crippen LogP contribution in [0.4, 0.5) is 0 Å². The molecule has 1 unspecified atom stereocenters. The predicted molar refractivity (Wildman–Crippen MR) is 72.6 cm³/mol. The fourth-order valence-corrected chi connectivity index (χ4v) is 1.77. The standard InChI is InChI=1S/C14H20N2O3/c1-2-6-11(15)13(17)16-12(14(18)19)9-10-7-4-3-5-8-10/h3-5,7-8,11-12H,2,6,9,15H2,1H3,(H,16,17)(H,18,19)/t11?,12-/m0/s1. The topological polar surface area (TPSA) is 92.4 Å². The molecule has 0 aliphatic carbocycles. The Kier molecular flexibility index (Phi) is 6.02. The summed E-state index contributed by atoms with van der Waals surface area (Å²) < 4.78 is 0. The van der Waals surface area contributed by atoms with Gasteiger partial charge in [0.2, 0.25) is 5.91 Å². The molecule has 4 N–H and O–H groups in total. The van der Waals surface area contributed by atoms with E-state index in [4.69, 9.17) is 10.8 Å². The highest BCUT2D eigenvalue weighted by atomic mass is 16.4. The van der Waals surface area contributed by atoms with Crippen LogP contribution >= 0.6 is 0 Å². The first kappa shape index (κ1) is 15.2. The molecule has 0 bridgehead atoms. The third-order valence-corrected chi connectivity index (χ3v) is 2.83. The summed E-state index contributed by atoms with van der Waals surface area (Å²) in [5.41, 5.74) is 6.53. The van der Waals surface area contributed by atoms with E-state index < -0.39 is 24.0 Å². The first-order valence-corrected chi connectivity index (χ1v) is 6.37. The molecule has 0 aliphatic heterocycles. The summed E-state index contributed by atoms with van der Waals surface area (Å²) in [6.45, 7) is 1.92. The molecule has 5 heteroatoms. The maximum absolute atomic E-state index is 11.7. The number of rotatable bonds is 7. The minimum Gasteiger partial charge on any atom is -0.480 e. The minimum atomic E-state index is -1.05. The van der Waals surface area contributed by atoms with Crippen molar-refractivity contribution in [1.82, 2.24) is 5.32 Å². The zero-order valence-electron chi connectivity index (χ0n) is 11.0. The lowest BCUT2D eigenvalue weighted by Crippen LogP contribution is -2.49. The zero-order valence-corrected chi connectivity index (χ0v) is 11.0. The Bertz CT molecular complexity index is 420. The van der Waals surface area contributed by atoms with Gasteiger partial charge in [-0.05, 0) is 12.0 Å². The minimum absolute atomic E-state index is 0.251. The van der Waals surface area contributed by atoms with Crippen molar-refractivity contribution >= 4 is 11.9 Å². The van der Waals surface area contributed by atoms with Gasteiger partial charge >= 0.3 is 5.97 Å². The maximum atomic E-state index is 11.7. The third kappa shape index (κ3) is 5.09. The van der Waals surface area contributed by atoms with Crippen LogP contribution in [-0.2, 0) is 16.0 Å². The average molecular weight is 264 g/mol. The van der Waals surface area contributed by atoms with Gasteiger partial charge in [-0.25, -0.2) is 4.79 Å². The molecule has 0 fully saturated rings. The molecular weight excluding hydrogens is 244 g/mol. The van der Waals surface area contributed by atoms with Gasteiger partial charge in [-0.1, -0.05) is 43.7 Å². The molecule has 104 valence electrons. The summed E-state index contributed by atoms with van der Waals surface area (Å²) in [4.78, 5) is 22.9. The normalized spacial score (nSPS) is 13.6. The number of nitrogens with two attached hydrogens (primary N) is 1. The van der Waals surface area contributed by atoms with Crippen molar-refractivity contribution in [3.8, 4) is 0 Å². The van der Waals surface area contributed by atoms with E-state index in [1.165, 1.54) is 0 Å². The number of nitrogens with one attached hydrogen (secondary N) is 1. The van der Waals surface area contributed by atoms with Gasteiger partial charge in [0.1, 0.15) is 6.04 Å². The molecular formula is C14H20N2O3. The van der Waals surface area contributed by atoms with Gasteiger partial charge in [-0.15, -0.1) is 0 Å².